The molecule has 0 bridgehead atoms. The highest BCUT2D eigenvalue weighted by Gasteiger charge is 2.64. The number of nitrogens with two attached hydrogens (primary N) is 2. The largest absolute Gasteiger partial charge is 0.368 e. The van der Waals surface area contributed by atoms with E-state index in [0.29, 0.717) is 19.3 Å². The van der Waals surface area contributed by atoms with Crippen molar-refractivity contribution in [2.75, 3.05) is 14.1 Å². The minimum atomic E-state index is -1.11. The number of hydrogen-bond donors (Lipinski definition) is 2. The zero-order valence-electron chi connectivity index (χ0n) is 23.3. The van der Waals surface area contributed by atoms with Gasteiger partial charge in [0.05, 0.1) is 0 Å². The Bertz CT molecular complexity index is 1410. The van der Waals surface area contributed by atoms with Crippen molar-refractivity contribution in [1.29, 1.82) is 0 Å². The number of likely N-dealkylation sites (N-methyl/N-ethyl adjacent to an activating group) is 2. The van der Waals surface area contributed by atoms with E-state index in [1.54, 1.807) is 31.5 Å². The average Bonchev–Trinajstić information content (AvgIpc) is 3.40. The fraction of sp³-hybridized carbons (Fsp3) is 0.387. The van der Waals surface area contributed by atoms with Gasteiger partial charge in [0.1, 0.15) is 11.6 Å². The quantitative estimate of drug-likeness (QED) is 0.371. The second-order valence-corrected chi connectivity index (χ2v) is 12.4. The van der Waals surface area contributed by atoms with Crippen LogP contribution in [0.4, 0.5) is 0 Å². The second kappa shape index (κ2) is 10.9. The fourth-order valence-electron chi connectivity index (χ4n) is 5.52. The number of carbonyl (C=O) groups is 3. The molecule has 2 unspecified atom stereocenters. The average molecular weight is 547 g/mol. The minimum absolute atomic E-state index is 0.153. The summed E-state index contributed by atoms with van der Waals surface area (Å²) in [6.45, 7) is 5.68. The lowest BCUT2D eigenvalue weighted by Gasteiger charge is -2.34. The highest BCUT2D eigenvalue weighted by molar-refractivity contribution is 7.10. The van der Waals surface area contributed by atoms with Crippen molar-refractivity contribution in [3.8, 4) is 0 Å². The maximum atomic E-state index is 14.2. The normalized spacial score (nSPS) is 19.9. The molecule has 0 radical (unpaired) electrons. The molecular formula is C31H38N4O3S. The molecule has 7 nitrogen and oxygen atoms in total. The first-order chi connectivity index (χ1) is 18.3. The van der Waals surface area contributed by atoms with Crippen LogP contribution in [-0.4, -0.2) is 58.7 Å². The van der Waals surface area contributed by atoms with Crippen LogP contribution in [0.2, 0.25) is 0 Å². The Morgan fingerprint density at radius 1 is 1.10 bits per heavy atom. The van der Waals surface area contributed by atoms with Crippen molar-refractivity contribution in [2.24, 2.45) is 11.5 Å². The lowest BCUT2D eigenvalue weighted by Crippen LogP contribution is -2.56. The van der Waals surface area contributed by atoms with Crippen molar-refractivity contribution in [2.45, 2.75) is 63.1 Å². The summed E-state index contributed by atoms with van der Waals surface area (Å²) in [5.41, 5.74) is 12.2. The number of amides is 3. The summed E-state index contributed by atoms with van der Waals surface area (Å²) in [5.74, 6) is -1.29. The Kier molecular flexibility index (Phi) is 8.00. The minimum Gasteiger partial charge on any atom is -0.368 e. The molecular weight excluding hydrogens is 508 g/mol. The van der Waals surface area contributed by atoms with Gasteiger partial charge in [-0.25, -0.2) is 0 Å². The molecule has 3 amide bonds. The van der Waals surface area contributed by atoms with E-state index in [9.17, 15) is 14.4 Å². The van der Waals surface area contributed by atoms with E-state index in [-0.39, 0.29) is 17.7 Å². The van der Waals surface area contributed by atoms with E-state index in [4.69, 9.17) is 11.5 Å². The van der Waals surface area contributed by atoms with Gasteiger partial charge in [-0.05, 0) is 61.4 Å². The molecule has 1 fully saturated rings. The number of rotatable bonds is 10. The van der Waals surface area contributed by atoms with Crippen molar-refractivity contribution in [3.63, 3.8) is 0 Å². The van der Waals surface area contributed by atoms with Crippen LogP contribution in [0.5, 0.6) is 0 Å². The predicted molar refractivity (Wildman–Crippen MR) is 157 cm³/mol. The van der Waals surface area contributed by atoms with Crippen molar-refractivity contribution in [1.82, 2.24) is 9.80 Å². The zero-order valence-corrected chi connectivity index (χ0v) is 24.1. The molecule has 39 heavy (non-hydrogen) atoms. The van der Waals surface area contributed by atoms with Gasteiger partial charge < -0.3 is 21.3 Å². The number of primary amides is 1. The van der Waals surface area contributed by atoms with Gasteiger partial charge in [-0.2, -0.15) is 0 Å². The summed E-state index contributed by atoms with van der Waals surface area (Å²) in [5, 5.41) is 4.10. The molecule has 0 saturated heterocycles. The summed E-state index contributed by atoms with van der Waals surface area (Å²) in [6, 6.07) is 17.1. The lowest BCUT2D eigenvalue weighted by molar-refractivity contribution is -0.146. The number of fused-ring (bicyclic) bond motifs is 1. The maximum absolute atomic E-state index is 14.2. The van der Waals surface area contributed by atoms with Crippen LogP contribution in [-0.2, 0) is 20.8 Å². The van der Waals surface area contributed by atoms with Crippen LogP contribution in [0.15, 0.2) is 71.6 Å². The molecule has 1 aliphatic rings. The Morgan fingerprint density at radius 2 is 1.79 bits per heavy atom. The summed E-state index contributed by atoms with van der Waals surface area (Å²) >= 11 is 1.55. The van der Waals surface area contributed by atoms with Crippen LogP contribution in [0.25, 0.3) is 10.8 Å². The van der Waals surface area contributed by atoms with Gasteiger partial charge in [0, 0.05) is 42.9 Å². The maximum Gasteiger partial charge on any atom is 0.246 e. The molecule has 1 aromatic heterocycles. The monoisotopic (exact) mass is 546 g/mol. The number of thiophene rings is 1. The summed E-state index contributed by atoms with van der Waals surface area (Å²) < 4.78 is 0. The first-order valence-electron chi connectivity index (χ1n) is 13.1. The van der Waals surface area contributed by atoms with Crippen LogP contribution in [0.1, 0.15) is 50.0 Å². The molecule has 2 aromatic carbocycles. The molecule has 8 heteroatoms. The van der Waals surface area contributed by atoms with Crippen LogP contribution in [0, 0.1) is 0 Å². The Labute approximate surface area is 234 Å². The molecule has 1 heterocycles. The topological polar surface area (TPSA) is 110 Å². The molecule has 4 N–H and O–H groups in total. The van der Waals surface area contributed by atoms with E-state index < -0.39 is 23.0 Å². The lowest BCUT2D eigenvalue weighted by atomic mass is 9.96. The van der Waals surface area contributed by atoms with E-state index in [1.165, 1.54) is 9.80 Å². The molecule has 1 saturated carbocycles. The molecule has 3 atom stereocenters. The molecule has 4 rings (SSSR count). The third-order valence-corrected chi connectivity index (χ3v) is 8.61. The van der Waals surface area contributed by atoms with Gasteiger partial charge in [0.2, 0.25) is 17.7 Å². The van der Waals surface area contributed by atoms with Gasteiger partial charge in [0.15, 0.2) is 0 Å². The van der Waals surface area contributed by atoms with E-state index >= 15 is 0 Å². The Morgan fingerprint density at radius 3 is 2.41 bits per heavy atom. The van der Waals surface area contributed by atoms with E-state index in [0.717, 1.165) is 26.8 Å². The predicted octanol–water partition coefficient (Wildman–Crippen LogP) is 4.21. The molecule has 3 aromatic rings. The van der Waals surface area contributed by atoms with Gasteiger partial charge in [-0.1, -0.05) is 54.1 Å². The highest BCUT2D eigenvalue weighted by Crippen LogP contribution is 2.56. The third kappa shape index (κ3) is 6.07. The molecule has 1 aliphatic carbocycles. The second-order valence-electron chi connectivity index (χ2n) is 11.5. The van der Waals surface area contributed by atoms with Crippen molar-refractivity contribution >= 4 is 39.8 Å². The summed E-state index contributed by atoms with van der Waals surface area (Å²) in [4.78, 5) is 44.3. The van der Waals surface area contributed by atoms with Crippen LogP contribution in [0.3, 0.4) is 0 Å². The van der Waals surface area contributed by atoms with Crippen molar-refractivity contribution < 1.29 is 14.4 Å². The Balaban J connectivity index is 1.66. The highest BCUT2D eigenvalue weighted by atomic mass is 32.1. The van der Waals surface area contributed by atoms with Crippen LogP contribution < -0.4 is 11.5 Å². The number of benzene rings is 2. The van der Waals surface area contributed by atoms with Gasteiger partial charge in [0.25, 0.3) is 0 Å². The smallest absolute Gasteiger partial charge is 0.246 e. The molecule has 0 aliphatic heterocycles. The standard InChI is InChI=1S/C31H38N4O3S/c1-20(18-30(2,3)33)15-27(36)34(4)25(17-21-12-13-22-9-6-7-10-23(22)16-21)28(37)35(5)31(29(32)38)19-24(31)26-11-8-14-39-26/h6-16,24-25H,17-19,33H2,1-5H3,(H2,32,38)/b20-15+/t24?,25-,31?/m1/s1. The number of nitrogens with zero attached hydrogens (tertiary/aromatic N) is 2. The van der Waals surface area contributed by atoms with Crippen LogP contribution >= 0.6 is 11.3 Å². The zero-order chi connectivity index (χ0) is 28.5. The van der Waals surface area contributed by atoms with Gasteiger partial charge in [-0.3, -0.25) is 14.4 Å². The first kappa shape index (κ1) is 28.5. The summed E-state index contributed by atoms with van der Waals surface area (Å²) in [7, 11) is 3.27. The third-order valence-electron chi connectivity index (χ3n) is 7.62. The fourth-order valence-corrected chi connectivity index (χ4v) is 6.43. The van der Waals surface area contributed by atoms with Gasteiger partial charge >= 0.3 is 0 Å². The van der Waals surface area contributed by atoms with E-state index in [2.05, 4.69) is 0 Å². The summed E-state index contributed by atoms with van der Waals surface area (Å²) in [6.07, 6.45) is 2.85. The first-order valence-corrected chi connectivity index (χ1v) is 14.0. The SMILES string of the molecule is C/C(=C\C(=O)N(C)[C@H](Cc1ccc2ccccc2c1)C(=O)N(C)C1(C(N)=O)CC1c1cccs1)CC(C)(C)N. The molecule has 0 spiro atoms. The van der Waals surface area contributed by atoms with Gasteiger partial charge in [-0.15, -0.1) is 11.3 Å². The van der Waals surface area contributed by atoms with E-state index in [1.807, 2.05) is 80.7 Å². The number of hydrogen-bond acceptors (Lipinski definition) is 5. The number of carbonyl (C=O) groups excluding carboxylic acids is 3. The van der Waals surface area contributed by atoms with Crippen molar-refractivity contribution in [3.05, 3.63) is 82.1 Å². The molecule has 206 valence electrons. The Hall–Kier alpha value is -3.49.